The van der Waals surface area contributed by atoms with Gasteiger partial charge in [0.05, 0.1) is 10.7 Å². The van der Waals surface area contributed by atoms with Crippen molar-refractivity contribution in [2.45, 2.75) is 25.8 Å². The molecule has 1 aromatic heterocycles. The largest absolute Gasteiger partial charge is 0.455 e. The van der Waals surface area contributed by atoms with Crippen molar-refractivity contribution in [2.24, 2.45) is 5.73 Å². The average Bonchev–Trinajstić information content (AvgIpc) is 2.42. The first kappa shape index (κ1) is 15.5. The molecule has 0 radical (unpaired) electrons. The molecular weight excluding hydrogens is 384 g/mol. The predicted octanol–water partition coefficient (Wildman–Crippen LogP) is 4.68. The SMILES string of the molecule is CCC(N)Cc1cncc(Oc2ccc(Br)cc2Br)c1. The van der Waals surface area contributed by atoms with E-state index >= 15 is 0 Å². The molecular formula is C15H16Br2N2O. The smallest absolute Gasteiger partial charge is 0.146 e. The van der Waals surface area contributed by atoms with Crippen LogP contribution in [0.4, 0.5) is 0 Å². The summed E-state index contributed by atoms with van der Waals surface area (Å²) in [6, 6.07) is 7.92. The third-order valence-corrected chi connectivity index (χ3v) is 4.03. The minimum absolute atomic E-state index is 0.159. The van der Waals surface area contributed by atoms with Gasteiger partial charge in [-0.2, -0.15) is 0 Å². The van der Waals surface area contributed by atoms with E-state index in [0.717, 1.165) is 33.1 Å². The molecule has 2 rings (SSSR count). The molecule has 1 atom stereocenters. The van der Waals surface area contributed by atoms with Gasteiger partial charge in [0.2, 0.25) is 0 Å². The number of halogens is 2. The molecule has 0 spiro atoms. The fourth-order valence-corrected chi connectivity index (χ4v) is 2.89. The zero-order chi connectivity index (χ0) is 14.5. The first-order valence-corrected chi connectivity index (χ1v) is 7.99. The third kappa shape index (κ3) is 4.30. The topological polar surface area (TPSA) is 48.1 Å². The summed E-state index contributed by atoms with van der Waals surface area (Å²) >= 11 is 6.90. The Kier molecular flexibility index (Phi) is 5.57. The first-order valence-electron chi connectivity index (χ1n) is 6.41. The Bertz CT molecular complexity index is 590. The van der Waals surface area contributed by atoms with Gasteiger partial charge in [-0.1, -0.05) is 22.9 Å². The van der Waals surface area contributed by atoms with Crippen LogP contribution in [0.1, 0.15) is 18.9 Å². The summed E-state index contributed by atoms with van der Waals surface area (Å²) in [5.41, 5.74) is 7.06. The van der Waals surface area contributed by atoms with Crippen LogP contribution in [0.15, 0.2) is 45.6 Å². The molecule has 3 nitrogen and oxygen atoms in total. The molecule has 20 heavy (non-hydrogen) atoms. The molecule has 1 heterocycles. The minimum atomic E-state index is 0.159. The van der Waals surface area contributed by atoms with Crippen LogP contribution in [0.3, 0.4) is 0 Å². The maximum atomic E-state index is 5.97. The van der Waals surface area contributed by atoms with Gasteiger partial charge in [0.25, 0.3) is 0 Å². The highest BCUT2D eigenvalue weighted by molar-refractivity contribution is 9.11. The number of ether oxygens (including phenoxy) is 1. The van der Waals surface area contributed by atoms with Crippen LogP contribution in [0.2, 0.25) is 0 Å². The van der Waals surface area contributed by atoms with Gasteiger partial charge in [0.1, 0.15) is 11.5 Å². The summed E-state index contributed by atoms with van der Waals surface area (Å²) < 4.78 is 7.74. The molecule has 0 aliphatic carbocycles. The highest BCUT2D eigenvalue weighted by Gasteiger charge is 2.06. The zero-order valence-corrected chi connectivity index (χ0v) is 14.3. The van der Waals surface area contributed by atoms with Gasteiger partial charge < -0.3 is 10.5 Å². The molecule has 0 aliphatic rings. The summed E-state index contributed by atoms with van der Waals surface area (Å²) in [6.07, 6.45) is 5.29. The fraction of sp³-hybridized carbons (Fsp3) is 0.267. The summed E-state index contributed by atoms with van der Waals surface area (Å²) in [5, 5.41) is 0. The van der Waals surface area contributed by atoms with Crippen LogP contribution in [-0.4, -0.2) is 11.0 Å². The highest BCUT2D eigenvalue weighted by atomic mass is 79.9. The van der Waals surface area contributed by atoms with Crippen molar-refractivity contribution in [3.8, 4) is 11.5 Å². The Balaban J connectivity index is 2.15. The highest BCUT2D eigenvalue weighted by Crippen LogP contribution is 2.32. The lowest BCUT2D eigenvalue weighted by Gasteiger charge is -2.11. The lowest BCUT2D eigenvalue weighted by molar-refractivity contribution is 0.475. The van der Waals surface area contributed by atoms with Gasteiger partial charge >= 0.3 is 0 Å². The fourth-order valence-electron chi connectivity index (χ4n) is 1.76. The van der Waals surface area contributed by atoms with Crippen LogP contribution in [-0.2, 0) is 6.42 Å². The normalized spacial score (nSPS) is 12.2. The molecule has 0 aliphatic heterocycles. The molecule has 0 saturated carbocycles. The monoisotopic (exact) mass is 398 g/mol. The van der Waals surface area contributed by atoms with E-state index in [4.69, 9.17) is 10.5 Å². The second-order valence-corrected chi connectivity index (χ2v) is 6.35. The number of hydrogen-bond donors (Lipinski definition) is 1. The van der Waals surface area contributed by atoms with Crippen molar-refractivity contribution in [2.75, 3.05) is 0 Å². The number of benzene rings is 1. The number of hydrogen-bond acceptors (Lipinski definition) is 3. The van der Waals surface area contributed by atoms with Gasteiger partial charge in [-0.15, -0.1) is 0 Å². The van der Waals surface area contributed by atoms with Crippen LogP contribution < -0.4 is 10.5 Å². The quantitative estimate of drug-likeness (QED) is 0.793. The third-order valence-electron chi connectivity index (χ3n) is 2.91. The maximum absolute atomic E-state index is 5.97. The van der Waals surface area contributed by atoms with Crippen molar-refractivity contribution >= 4 is 31.9 Å². The van der Waals surface area contributed by atoms with Crippen molar-refractivity contribution in [1.82, 2.24) is 4.98 Å². The summed E-state index contributed by atoms with van der Waals surface area (Å²) in [5.74, 6) is 1.47. The lowest BCUT2D eigenvalue weighted by Crippen LogP contribution is -2.21. The summed E-state index contributed by atoms with van der Waals surface area (Å²) in [4.78, 5) is 4.21. The first-order chi connectivity index (χ1) is 9.58. The molecule has 1 unspecified atom stereocenters. The van der Waals surface area contributed by atoms with Crippen molar-refractivity contribution in [3.05, 3.63) is 51.2 Å². The van der Waals surface area contributed by atoms with Gasteiger partial charge in [-0.25, -0.2) is 0 Å². The molecule has 0 amide bonds. The molecule has 0 fully saturated rings. The van der Waals surface area contributed by atoms with Crippen molar-refractivity contribution in [1.29, 1.82) is 0 Å². The number of pyridine rings is 1. The number of nitrogens with zero attached hydrogens (tertiary/aromatic N) is 1. The molecule has 0 saturated heterocycles. The van der Waals surface area contributed by atoms with E-state index in [1.54, 1.807) is 6.20 Å². The van der Waals surface area contributed by atoms with Crippen LogP contribution in [0, 0.1) is 0 Å². The maximum Gasteiger partial charge on any atom is 0.146 e. The standard InChI is InChI=1S/C15H16Br2N2O/c1-2-12(18)5-10-6-13(9-19-8-10)20-15-4-3-11(16)7-14(15)17/h3-4,6-9,12H,2,5,18H2,1H3. The number of rotatable bonds is 5. The van der Waals surface area contributed by atoms with E-state index in [1.807, 2.05) is 30.5 Å². The Morgan fingerprint density at radius 3 is 2.75 bits per heavy atom. The van der Waals surface area contributed by atoms with Crippen LogP contribution in [0.25, 0.3) is 0 Å². The number of aromatic nitrogens is 1. The Labute approximate surface area is 135 Å². The molecule has 2 aromatic rings. The second kappa shape index (κ2) is 7.20. The molecule has 1 aromatic carbocycles. The van der Waals surface area contributed by atoms with E-state index in [1.165, 1.54) is 0 Å². The lowest BCUT2D eigenvalue weighted by atomic mass is 10.1. The average molecular weight is 400 g/mol. The van der Waals surface area contributed by atoms with Gasteiger partial charge in [-0.05, 0) is 58.6 Å². The Morgan fingerprint density at radius 1 is 1.25 bits per heavy atom. The molecule has 106 valence electrons. The van der Waals surface area contributed by atoms with E-state index in [-0.39, 0.29) is 6.04 Å². The van der Waals surface area contributed by atoms with E-state index in [0.29, 0.717) is 5.75 Å². The molecule has 5 heteroatoms. The van der Waals surface area contributed by atoms with E-state index in [9.17, 15) is 0 Å². The Hall–Kier alpha value is -0.910. The van der Waals surface area contributed by atoms with Gasteiger partial charge in [0, 0.05) is 16.7 Å². The molecule has 0 bridgehead atoms. The second-order valence-electron chi connectivity index (χ2n) is 4.58. The van der Waals surface area contributed by atoms with Gasteiger partial charge in [-0.3, -0.25) is 4.98 Å². The molecule has 2 N–H and O–H groups in total. The summed E-state index contributed by atoms with van der Waals surface area (Å²) in [6.45, 7) is 2.08. The van der Waals surface area contributed by atoms with Gasteiger partial charge in [0.15, 0.2) is 0 Å². The van der Waals surface area contributed by atoms with Crippen LogP contribution in [0.5, 0.6) is 11.5 Å². The predicted molar refractivity (Wildman–Crippen MR) is 88.1 cm³/mol. The van der Waals surface area contributed by atoms with Crippen molar-refractivity contribution < 1.29 is 4.74 Å². The Morgan fingerprint density at radius 2 is 2.05 bits per heavy atom. The number of nitrogens with two attached hydrogens (primary N) is 1. The minimum Gasteiger partial charge on any atom is -0.455 e. The van der Waals surface area contributed by atoms with Crippen LogP contribution >= 0.6 is 31.9 Å². The van der Waals surface area contributed by atoms with E-state index in [2.05, 4.69) is 43.8 Å². The van der Waals surface area contributed by atoms with E-state index < -0.39 is 0 Å². The zero-order valence-electron chi connectivity index (χ0n) is 11.1. The summed E-state index contributed by atoms with van der Waals surface area (Å²) in [7, 11) is 0. The van der Waals surface area contributed by atoms with Crippen molar-refractivity contribution in [3.63, 3.8) is 0 Å².